The van der Waals surface area contributed by atoms with Gasteiger partial charge >= 0.3 is 0 Å². The fraction of sp³-hybridized carbons (Fsp3) is 0.667. The Morgan fingerprint density at radius 3 is 2.62 bits per heavy atom. The van der Waals surface area contributed by atoms with Crippen LogP contribution in [0.1, 0.15) is 19.3 Å². The van der Waals surface area contributed by atoms with E-state index in [-0.39, 0.29) is 11.8 Å². The zero-order valence-electron chi connectivity index (χ0n) is 8.26. The maximum absolute atomic E-state index is 11.7. The molecule has 2 nitrogen and oxygen atoms in total. The number of halogens is 4. The predicted molar refractivity (Wildman–Crippen MR) is 72.1 cm³/mol. The number of carbonyl (C=O) groups is 1. The molecule has 0 saturated heterocycles. The lowest BCUT2D eigenvalue weighted by Gasteiger charge is -2.22. The molecular weight excluding hydrogens is 312 g/mol. The van der Waals surface area contributed by atoms with Crippen LogP contribution < -0.4 is 4.72 Å². The van der Waals surface area contributed by atoms with E-state index in [0.717, 1.165) is 31.2 Å². The van der Waals surface area contributed by atoms with E-state index in [9.17, 15) is 4.79 Å². The molecule has 1 N–H and O–H groups in total. The molecule has 7 heteroatoms. The molecule has 1 unspecified atom stereocenters. The van der Waals surface area contributed by atoms with Crippen molar-refractivity contribution in [3.8, 4) is 0 Å². The van der Waals surface area contributed by atoms with Crippen molar-refractivity contribution >= 4 is 64.3 Å². The van der Waals surface area contributed by atoms with Gasteiger partial charge in [-0.25, -0.2) is 0 Å². The van der Waals surface area contributed by atoms with Gasteiger partial charge in [-0.05, 0) is 31.2 Å². The molecule has 1 amide bonds. The van der Waals surface area contributed by atoms with Crippen LogP contribution in [-0.2, 0) is 4.79 Å². The standard InChI is InChI=1S/C9H11Cl4NOS/c10-8(11)9(12,13)16-14-7(15)6-4-2-1-3-5-6/h1-2,6,8H,3-5H2,(H,14,15). The Morgan fingerprint density at radius 1 is 1.44 bits per heavy atom. The number of carbonyl (C=O) groups excluding carboxylic acids is 1. The summed E-state index contributed by atoms with van der Waals surface area (Å²) < 4.78 is 1.16. The maximum Gasteiger partial charge on any atom is 0.233 e. The quantitative estimate of drug-likeness (QED) is 0.481. The summed E-state index contributed by atoms with van der Waals surface area (Å²) in [6.45, 7) is 0. The van der Waals surface area contributed by atoms with Gasteiger partial charge in [0.05, 0.1) is 0 Å². The zero-order valence-corrected chi connectivity index (χ0v) is 12.1. The Labute approximate surface area is 119 Å². The number of rotatable bonds is 4. The van der Waals surface area contributed by atoms with Crippen LogP contribution in [0.15, 0.2) is 12.2 Å². The largest absolute Gasteiger partial charge is 0.297 e. The van der Waals surface area contributed by atoms with E-state index in [2.05, 4.69) is 10.8 Å². The van der Waals surface area contributed by atoms with Crippen molar-refractivity contribution in [1.29, 1.82) is 0 Å². The topological polar surface area (TPSA) is 29.1 Å². The summed E-state index contributed by atoms with van der Waals surface area (Å²) in [6.07, 6.45) is 6.57. The molecule has 0 bridgehead atoms. The van der Waals surface area contributed by atoms with Gasteiger partial charge in [0.1, 0.15) is 0 Å². The Balaban J connectivity index is 2.37. The second-order valence-corrected chi connectivity index (χ2v) is 7.39. The normalized spacial score (nSPS) is 21.2. The zero-order chi connectivity index (χ0) is 12.2. The fourth-order valence-corrected chi connectivity index (χ4v) is 2.27. The lowest BCUT2D eigenvalue weighted by molar-refractivity contribution is -0.123. The molecule has 0 aromatic carbocycles. The van der Waals surface area contributed by atoms with E-state index in [4.69, 9.17) is 46.4 Å². The first kappa shape index (κ1) is 14.8. The molecule has 16 heavy (non-hydrogen) atoms. The van der Waals surface area contributed by atoms with Crippen molar-refractivity contribution in [3.05, 3.63) is 12.2 Å². The van der Waals surface area contributed by atoms with E-state index in [1.165, 1.54) is 0 Å². The van der Waals surface area contributed by atoms with Crippen molar-refractivity contribution in [2.24, 2.45) is 5.92 Å². The van der Waals surface area contributed by atoms with Crippen LogP contribution in [0, 0.1) is 5.92 Å². The smallest absolute Gasteiger partial charge is 0.233 e. The highest BCUT2D eigenvalue weighted by molar-refractivity contribution is 8.02. The van der Waals surface area contributed by atoms with Gasteiger partial charge < -0.3 is 0 Å². The Morgan fingerprint density at radius 2 is 2.12 bits per heavy atom. The first-order valence-electron chi connectivity index (χ1n) is 4.72. The molecule has 0 aliphatic heterocycles. The lowest BCUT2D eigenvalue weighted by atomic mass is 9.94. The first-order chi connectivity index (χ1) is 7.43. The Hall–Kier alpha value is 0.720. The monoisotopic (exact) mass is 321 g/mol. The van der Waals surface area contributed by atoms with Crippen molar-refractivity contribution in [2.75, 3.05) is 0 Å². The summed E-state index contributed by atoms with van der Waals surface area (Å²) in [5, 5.41) is 0. The van der Waals surface area contributed by atoms with Gasteiger partial charge in [-0.1, -0.05) is 35.4 Å². The molecule has 1 aliphatic carbocycles. The Kier molecular flexibility index (Phi) is 6.10. The summed E-state index contributed by atoms with van der Waals surface area (Å²) in [5.74, 6) is -0.111. The van der Waals surface area contributed by atoms with Gasteiger partial charge in [-0.3, -0.25) is 9.52 Å². The predicted octanol–water partition coefficient (Wildman–Crippen LogP) is 4.04. The second kappa shape index (κ2) is 6.60. The van der Waals surface area contributed by atoms with Crippen molar-refractivity contribution in [2.45, 2.75) is 27.8 Å². The van der Waals surface area contributed by atoms with E-state index in [1.807, 2.05) is 6.08 Å². The van der Waals surface area contributed by atoms with Crippen LogP contribution in [0.25, 0.3) is 0 Å². The minimum absolute atomic E-state index is 0.0225. The molecule has 0 aromatic heterocycles. The highest BCUT2D eigenvalue weighted by atomic mass is 35.5. The summed E-state index contributed by atoms with van der Waals surface area (Å²) in [5.41, 5.74) is 0. The van der Waals surface area contributed by atoms with Crippen molar-refractivity contribution < 1.29 is 4.79 Å². The molecule has 1 atom stereocenters. The molecule has 0 aromatic rings. The molecule has 1 rings (SSSR count). The Bertz CT molecular complexity index is 283. The van der Waals surface area contributed by atoms with Gasteiger partial charge in [0.25, 0.3) is 0 Å². The highest BCUT2D eigenvalue weighted by Gasteiger charge is 2.34. The maximum atomic E-state index is 11.7. The van der Waals surface area contributed by atoms with Gasteiger partial charge in [0.2, 0.25) is 9.57 Å². The molecule has 1 aliphatic rings. The van der Waals surface area contributed by atoms with Crippen LogP contribution in [0.2, 0.25) is 0 Å². The number of alkyl halides is 4. The van der Waals surface area contributed by atoms with Crippen molar-refractivity contribution in [1.82, 2.24) is 4.72 Å². The van der Waals surface area contributed by atoms with E-state index in [0.29, 0.717) is 0 Å². The van der Waals surface area contributed by atoms with Crippen LogP contribution >= 0.6 is 58.4 Å². The van der Waals surface area contributed by atoms with E-state index >= 15 is 0 Å². The number of allylic oxidation sites excluding steroid dienone is 2. The summed E-state index contributed by atoms with van der Waals surface area (Å²) in [4.78, 5) is 10.7. The average Bonchev–Trinajstić information content (AvgIpc) is 2.27. The molecular formula is C9H11Cl4NOS. The van der Waals surface area contributed by atoms with E-state index in [1.54, 1.807) is 0 Å². The minimum atomic E-state index is -1.43. The molecule has 0 radical (unpaired) electrons. The van der Waals surface area contributed by atoms with Gasteiger partial charge in [-0.2, -0.15) is 0 Å². The van der Waals surface area contributed by atoms with Crippen molar-refractivity contribution in [3.63, 3.8) is 0 Å². The number of amides is 1. The summed E-state index contributed by atoms with van der Waals surface area (Å²) in [7, 11) is 0. The van der Waals surface area contributed by atoms with Crippen LogP contribution in [-0.4, -0.2) is 14.4 Å². The lowest BCUT2D eigenvalue weighted by Crippen LogP contribution is -2.31. The average molecular weight is 323 g/mol. The first-order valence-corrected chi connectivity index (χ1v) is 7.17. The van der Waals surface area contributed by atoms with Gasteiger partial charge in [0, 0.05) is 5.92 Å². The van der Waals surface area contributed by atoms with Crippen LogP contribution in [0.5, 0.6) is 0 Å². The minimum Gasteiger partial charge on any atom is -0.297 e. The third-order valence-electron chi connectivity index (χ3n) is 2.18. The summed E-state index contributed by atoms with van der Waals surface area (Å²) in [6, 6.07) is 0. The third kappa shape index (κ3) is 4.53. The molecule has 0 spiro atoms. The molecule has 92 valence electrons. The number of nitrogens with one attached hydrogen (secondary N) is 1. The molecule has 0 fully saturated rings. The van der Waals surface area contributed by atoms with Crippen LogP contribution in [0.4, 0.5) is 0 Å². The summed E-state index contributed by atoms with van der Waals surface area (Å²) >= 11 is 23.5. The number of hydrogen-bond donors (Lipinski definition) is 1. The molecule has 0 saturated carbocycles. The van der Waals surface area contributed by atoms with Crippen LogP contribution in [0.3, 0.4) is 0 Å². The third-order valence-corrected chi connectivity index (χ3v) is 5.25. The molecule has 0 heterocycles. The van der Waals surface area contributed by atoms with Gasteiger partial charge in [0.15, 0.2) is 4.84 Å². The highest BCUT2D eigenvalue weighted by Crippen LogP contribution is 2.41. The van der Waals surface area contributed by atoms with Gasteiger partial charge in [-0.15, -0.1) is 23.2 Å². The second-order valence-electron chi connectivity index (χ2n) is 3.41. The fourth-order valence-electron chi connectivity index (χ4n) is 1.28. The van der Waals surface area contributed by atoms with E-state index < -0.39 is 8.50 Å². The number of hydrogen-bond acceptors (Lipinski definition) is 2. The SMILES string of the molecule is O=C(NSC(Cl)(Cl)C(Cl)Cl)C1CC=CCC1.